The summed E-state index contributed by atoms with van der Waals surface area (Å²) in [6.45, 7) is 5.10. The summed E-state index contributed by atoms with van der Waals surface area (Å²) in [6.07, 6.45) is 5.10. The molecule has 2 rings (SSSR count). The van der Waals surface area contributed by atoms with Gasteiger partial charge in [0.1, 0.15) is 6.10 Å². The van der Waals surface area contributed by atoms with Crippen molar-refractivity contribution in [2.24, 2.45) is 0 Å². The summed E-state index contributed by atoms with van der Waals surface area (Å²) in [4.78, 5) is 0. The molecule has 0 aromatic carbocycles. The topological polar surface area (TPSA) is 49.9 Å². The first-order valence-electron chi connectivity index (χ1n) is 6.20. The van der Waals surface area contributed by atoms with E-state index in [1.54, 1.807) is 0 Å². The molecule has 0 amide bonds. The van der Waals surface area contributed by atoms with Crippen LogP contribution in [0.15, 0.2) is 6.07 Å². The number of H-pyrrole nitrogens is 1. The number of aromatic amines is 1. The molecular formula is C12H21N3O. The molecule has 1 aromatic rings. The second-order valence-electron chi connectivity index (χ2n) is 4.60. The summed E-state index contributed by atoms with van der Waals surface area (Å²) in [5.41, 5.74) is 1.04. The summed E-state index contributed by atoms with van der Waals surface area (Å²) in [6, 6.07) is 2.68. The lowest BCUT2D eigenvalue weighted by Gasteiger charge is -2.17. The second kappa shape index (κ2) is 5.34. The molecule has 2 N–H and O–H groups in total. The van der Waals surface area contributed by atoms with Gasteiger partial charge < -0.3 is 10.1 Å². The number of hydrogen-bond acceptors (Lipinski definition) is 3. The monoisotopic (exact) mass is 223 g/mol. The number of ether oxygens (including phenoxy) is 1. The summed E-state index contributed by atoms with van der Waals surface area (Å²) in [7, 11) is 0. The molecule has 1 unspecified atom stereocenters. The molecule has 1 aromatic heterocycles. The van der Waals surface area contributed by atoms with Crippen LogP contribution in [0.5, 0.6) is 5.88 Å². The van der Waals surface area contributed by atoms with Gasteiger partial charge in [0.05, 0.1) is 0 Å². The van der Waals surface area contributed by atoms with Crippen molar-refractivity contribution in [2.75, 3.05) is 6.54 Å². The third-order valence-electron chi connectivity index (χ3n) is 2.79. The molecule has 0 bridgehead atoms. The number of hydrogen-bond donors (Lipinski definition) is 2. The first-order chi connectivity index (χ1) is 7.78. The van der Waals surface area contributed by atoms with E-state index < -0.39 is 0 Å². The average Bonchev–Trinajstić information content (AvgIpc) is 3.00. The molecule has 1 aliphatic carbocycles. The van der Waals surface area contributed by atoms with Crippen molar-refractivity contribution < 1.29 is 4.74 Å². The lowest BCUT2D eigenvalue weighted by atomic mass is 10.2. The molecule has 0 spiro atoms. The summed E-state index contributed by atoms with van der Waals surface area (Å²) < 4.78 is 5.85. The van der Waals surface area contributed by atoms with Crippen LogP contribution in [0, 0.1) is 6.92 Å². The second-order valence-corrected chi connectivity index (χ2v) is 4.60. The molecule has 1 heterocycles. The Bertz CT molecular complexity index is 320. The Morgan fingerprint density at radius 1 is 1.62 bits per heavy atom. The van der Waals surface area contributed by atoms with Crippen LogP contribution in [-0.2, 0) is 0 Å². The Morgan fingerprint density at radius 3 is 3.00 bits per heavy atom. The minimum atomic E-state index is 0.244. The van der Waals surface area contributed by atoms with Gasteiger partial charge in [0.2, 0.25) is 5.88 Å². The van der Waals surface area contributed by atoms with Gasteiger partial charge in [0, 0.05) is 24.3 Å². The molecule has 1 saturated carbocycles. The van der Waals surface area contributed by atoms with Crippen LogP contribution >= 0.6 is 0 Å². The smallest absolute Gasteiger partial charge is 0.233 e. The fourth-order valence-corrected chi connectivity index (χ4v) is 1.73. The van der Waals surface area contributed by atoms with E-state index in [0.717, 1.165) is 31.1 Å². The first kappa shape index (κ1) is 11.5. The number of nitrogens with one attached hydrogen (secondary N) is 2. The summed E-state index contributed by atoms with van der Waals surface area (Å²) >= 11 is 0. The zero-order valence-electron chi connectivity index (χ0n) is 10.1. The van der Waals surface area contributed by atoms with Crippen LogP contribution in [0.4, 0.5) is 0 Å². The lowest BCUT2D eigenvalue weighted by Crippen LogP contribution is -2.32. The molecule has 4 heteroatoms. The van der Waals surface area contributed by atoms with Crippen molar-refractivity contribution in [3.8, 4) is 5.88 Å². The zero-order valence-corrected chi connectivity index (χ0v) is 10.1. The highest BCUT2D eigenvalue weighted by atomic mass is 16.5. The fraction of sp³-hybridized carbons (Fsp3) is 0.750. The summed E-state index contributed by atoms with van der Waals surface area (Å²) in [5.74, 6) is 0.716. The molecule has 0 aliphatic heterocycles. The normalized spacial score (nSPS) is 17.4. The Balaban J connectivity index is 1.80. The number of aryl methyl sites for hydroxylation is 1. The van der Waals surface area contributed by atoms with E-state index >= 15 is 0 Å². The van der Waals surface area contributed by atoms with E-state index in [-0.39, 0.29) is 6.10 Å². The fourth-order valence-electron chi connectivity index (χ4n) is 1.73. The van der Waals surface area contributed by atoms with Crippen molar-refractivity contribution >= 4 is 0 Å². The molecule has 16 heavy (non-hydrogen) atoms. The van der Waals surface area contributed by atoms with E-state index in [9.17, 15) is 0 Å². The molecule has 90 valence electrons. The molecule has 4 nitrogen and oxygen atoms in total. The van der Waals surface area contributed by atoms with E-state index in [0.29, 0.717) is 5.88 Å². The van der Waals surface area contributed by atoms with Gasteiger partial charge in [-0.2, -0.15) is 0 Å². The Kier molecular flexibility index (Phi) is 3.83. The minimum absolute atomic E-state index is 0.244. The summed E-state index contributed by atoms with van der Waals surface area (Å²) in [5, 5.41) is 10.5. The van der Waals surface area contributed by atoms with Gasteiger partial charge in [0.25, 0.3) is 0 Å². The van der Waals surface area contributed by atoms with Crippen LogP contribution in [0.2, 0.25) is 0 Å². The van der Waals surface area contributed by atoms with Crippen LogP contribution in [-0.4, -0.2) is 28.9 Å². The van der Waals surface area contributed by atoms with Crippen molar-refractivity contribution in [3.63, 3.8) is 0 Å². The molecular weight excluding hydrogens is 202 g/mol. The Morgan fingerprint density at radius 2 is 2.44 bits per heavy atom. The van der Waals surface area contributed by atoms with Crippen molar-refractivity contribution in [3.05, 3.63) is 11.8 Å². The number of aromatic nitrogens is 2. The van der Waals surface area contributed by atoms with Crippen LogP contribution in [0.1, 0.15) is 38.3 Å². The van der Waals surface area contributed by atoms with E-state index in [1.165, 1.54) is 12.8 Å². The van der Waals surface area contributed by atoms with E-state index in [4.69, 9.17) is 4.74 Å². The standard InChI is InChI=1S/C12H21N3O/c1-3-4-11(8-13-10-5-6-10)16-12-7-9(2)14-15-12/h7,10-11,13H,3-6,8H2,1-2H3,(H,14,15). The molecule has 0 saturated heterocycles. The van der Waals surface area contributed by atoms with Crippen LogP contribution in [0.25, 0.3) is 0 Å². The van der Waals surface area contributed by atoms with Crippen LogP contribution in [0.3, 0.4) is 0 Å². The first-order valence-corrected chi connectivity index (χ1v) is 6.20. The third-order valence-corrected chi connectivity index (χ3v) is 2.79. The molecule has 1 aliphatic rings. The van der Waals surface area contributed by atoms with Gasteiger partial charge in [0.15, 0.2) is 0 Å². The maximum Gasteiger partial charge on any atom is 0.233 e. The largest absolute Gasteiger partial charge is 0.472 e. The number of nitrogens with zero attached hydrogens (tertiary/aromatic N) is 1. The third kappa shape index (κ3) is 3.52. The lowest BCUT2D eigenvalue weighted by molar-refractivity contribution is 0.178. The van der Waals surface area contributed by atoms with Gasteiger partial charge in [-0.25, -0.2) is 0 Å². The quantitative estimate of drug-likeness (QED) is 0.743. The van der Waals surface area contributed by atoms with Gasteiger partial charge in [-0.3, -0.25) is 5.10 Å². The molecule has 1 fully saturated rings. The molecule has 1 atom stereocenters. The minimum Gasteiger partial charge on any atom is -0.472 e. The predicted octanol–water partition coefficient (Wildman–Crippen LogP) is 2.02. The highest BCUT2D eigenvalue weighted by molar-refractivity contribution is 5.12. The Hall–Kier alpha value is -1.03. The zero-order chi connectivity index (χ0) is 11.4. The predicted molar refractivity (Wildman–Crippen MR) is 63.7 cm³/mol. The SMILES string of the molecule is CCCC(CNC1CC1)Oc1cc(C)[nH]n1. The van der Waals surface area contributed by atoms with Crippen molar-refractivity contribution in [1.82, 2.24) is 15.5 Å². The van der Waals surface area contributed by atoms with Crippen LogP contribution < -0.4 is 10.1 Å². The Labute approximate surface area is 96.8 Å². The van der Waals surface area contributed by atoms with E-state index in [1.807, 2.05) is 13.0 Å². The average molecular weight is 223 g/mol. The maximum atomic E-state index is 5.85. The van der Waals surface area contributed by atoms with Gasteiger partial charge in [-0.15, -0.1) is 5.10 Å². The highest BCUT2D eigenvalue weighted by Crippen LogP contribution is 2.19. The van der Waals surface area contributed by atoms with Gasteiger partial charge in [-0.1, -0.05) is 13.3 Å². The van der Waals surface area contributed by atoms with Crippen molar-refractivity contribution in [2.45, 2.75) is 51.7 Å². The van der Waals surface area contributed by atoms with Gasteiger partial charge >= 0.3 is 0 Å². The van der Waals surface area contributed by atoms with Gasteiger partial charge in [-0.05, 0) is 26.2 Å². The number of rotatable bonds is 7. The van der Waals surface area contributed by atoms with Crippen molar-refractivity contribution in [1.29, 1.82) is 0 Å². The van der Waals surface area contributed by atoms with E-state index in [2.05, 4.69) is 22.4 Å². The highest BCUT2D eigenvalue weighted by Gasteiger charge is 2.22. The maximum absolute atomic E-state index is 5.85. The molecule has 0 radical (unpaired) electrons.